The Morgan fingerprint density at radius 1 is 1.29 bits per heavy atom. The van der Waals surface area contributed by atoms with Gasteiger partial charge in [0.1, 0.15) is 11.6 Å². The van der Waals surface area contributed by atoms with Crippen LogP contribution in [0.15, 0.2) is 22.9 Å². The van der Waals surface area contributed by atoms with Crippen LogP contribution in [0.1, 0.15) is 53.8 Å². The van der Waals surface area contributed by atoms with Gasteiger partial charge in [-0.05, 0) is 38.3 Å². The monoisotopic (exact) mass is 484 g/mol. The molecule has 3 heterocycles. The molecule has 0 saturated heterocycles. The van der Waals surface area contributed by atoms with Crippen molar-refractivity contribution in [2.24, 2.45) is 0 Å². The first kappa shape index (κ1) is 22.6. The minimum atomic E-state index is -0.708. The second-order valence-corrected chi connectivity index (χ2v) is 10.2. The number of amides is 1. The Morgan fingerprint density at radius 3 is 2.74 bits per heavy atom. The van der Waals surface area contributed by atoms with E-state index in [2.05, 4.69) is 27.4 Å². The van der Waals surface area contributed by atoms with E-state index in [0.29, 0.717) is 34.7 Å². The van der Waals surface area contributed by atoms with Crippen molar-refractivity contribution < 1.29 is 13.7 Å². The van der Waals surface area contributed by atoms with Gasteiger partial charge >= 0.3 is 0 Å². The van der Waals surface area contributed by atoms with Crippen LogP contribution in [-0.2, 0) is 10.8 Å². The lowest BCUT2D eigenvalue weighted by Gasteiger charge is -2.27. The highest BCUT2D eigenvalue weighted by Crippen LogP contribution is 2.57. The summed E-state index contributed by atoms with van der Waals surface area (Å²) in [6.45, 7) is 4.59. The Hall–Kier alpha value is -3.20. The summed E-state index contributed by atoms with van der Waals surface area (Å²) in [4.78, 5) is 22.9. The first-order valence-corrected chi connectivity index (χ1v) is 11.5. The summed E-state index contributed by atoms with van der Waals surface area (Å²) >= 11 is 6.98. The van der Waals surface area contributed by atoms with Crippen LogP contribution in [0.3, 0.4) is 0 Å². The standard InChI is InChI=1S/C24H26ClFN6O2/c1-12-30-22(34-31-12)23(2)7-8-24(10-23)11-29-20-17(24)18(25)14(9-28-20)13-5-6-15(27)16(19(13)26)21(33)32(3)4/h5-6,9H,7-8,10-11,27H2,1-4H3,(H,28,29)/t23-,24-/m1/s1. The third-order valence-electron chi connectivity index (χ3n) is 7.15. The summed E-state index contributed by atoms with van der Waals surface area (Å²) in [6, 6.07) is 3.07. The summed E-state index contributed by atoms with van der Waals surface area (Å²) in [6.07, 6.45) is 3.96. The number of aryl methyl sites for hydroxylation is 1. The Balaban J connectivity index is 1.60. The molecule has 2 atom stereocenters. The van der Waals surface area contributed by atoms with Crippen LogP contribution in [0.5, 0.6) is 0 Å². The summed E-state index contributed by atoms with van der Waals surface area (Å²) in [7, 11) is 3.10. The van der Waals surface area contributed by atoms with Crippen LogP contribution in [-0.4, -0.2) is 46.6 Å². The number of pyridine rings is 1. The number of anilines is 2. The fraction of sp³-hybridized carbons (Fsp3) is 0.417. The number of fused-ring (bicyclic) bond motifs is 2. The Bertz CT molecular complexity index is 1330. The van der Waals surface area contributed by atoms with Crippen molar-refractivity contribution in [3.63, 3.8) is 0 Å². The number of halogens is 2. The molecule has 2 aromatic heterocycles. The highest BCUT2D eigenvalue weighted by Gasteiger charge is 2.54. The van der Waals surface area contributed by atoms with Gasteiger partial charge in [0.2, 0.25) is 5.89 Å². The third-order valence-corrected chi connectivity index (χ3v) is 7.54. The zero-order valence-electron chi connectivity index (χ0n) is 19.5. The van der Waals surface area contributed by atoms with Crippen LogP contribution in [0, 0.1) is 12.7 Å². The van der Waals surface area contributed by atoms with Gasteiger partial charge in [0, 0.05) is 60.0 Å². The molecule has 1 saturated carbocycles. The lowest BCUT2D eigenvalue weighted by atomic mass is 9.76. The topological polar surface area (TPSA) is 110 Å². The molecule has 1 aliphatic heterocycles. The highest BCUT2D eigenvalue weighted by atomic mass is 35.5. The van der Waals surface area contributed by atoms with Gasteiger partial charge in [-0.2, -0.15) is 4.98 Å². The second-order valence-electron chi connectivity index (χ2n) is 9.82. The van der Waals surface area contributed by atoms with E-state index < -0.39 is 11.7 Å². The van der Waals surface area contributed by atoms with Gasteiger partial charge < -0.3 is 20.5 Å². The quantitative estimate of drug-likeness (QED) is 0.532. The van der Waals surface area contributed by atoms with Gasteiger partial charge in [-0.3, -0.25) is 4.79 Å². The Labute approximate surface area is 201 Å². The van der Waals surface area contributed by atoms with Crippen molar-refractivity contribution in [1.29, 1.82) is 0 Å². The van der Waals surface area contributed by atoms with E-state index in [0.717, 1.165) is 24.8 Å². The molecule has 0 radical (unpaired) electrons. The Kier molecular flexibility index (Phi) is 5.09. The van der Waals surface area contributed by atoms with Crippen molar-refractivity contribution in [2.45, 2.75) is 43.9 Å². The van der Waals surface area contributed by atoms with E-state index in [4.69, 9.17) is 21.9 Å². The van der Waals surface area contributed by atoms with Crippen LogP contribution < -0.4 is 11.1 Å². The molecule has 1 aliphatic carbocycles. The number of benzene rings is 1. The van der Waals surface area contributed by atoms with E-state index in [-0.39, 0.29) is 27.6 Å². The maximum absolute atomic E-state index is 15.6. The summed E-state index contributed by atoms with van der Waals surface area (Å²) in [5.41, 5.74) is 6.72. The number of hydrogen-bond acceptors (Lipinski definition) is 7. The molecule has 2 aliphatic rings. The fourth-order valence-electron chi connectivity index (χ4n) is 5.40. The van der Waals surface area contributed by atoms with E-state index >= 15 is 4.39 Å². The molecule has 5 rings (SSSR count). The van der Waals surface area contributed by atoms with Gasteiger partial charge in [-0.25, -0.2) is 9.37 Å². The van der Waals surface area contributed by atoms with Crippen LogP contribution >= 0.6 is 11.6 Å². The molecular formula is C24H26ClFN6O2. The zero-order valence-corrected chi connectivity index (χ0v) is 20.3. The van der Waals surface area contributed by atoms with Crippen LogP contribution in [0.4, 0.5) is 15.9 Å². The summed E-state index contributed by atoms with van der Waals surface area (Å²) in [5.74, 6) is 0.694. The molecule has 178 valence electrons. The van der Waals surface area contributed by atoms with Crippen LogP contribution in [0.2, 0.25) is 5.02 Å². The Morgan fingerprint density at radius 2 is 2.06 bits per heavy atom. The van der Waals surface area contributed by atoms with E-state index in [1.165, 1.54) is 11.0 Å². The number of aromatic nitrogens is 3. The van der Waals surface area contributed by atoms with Crippen molar-refractivity contribution in [3.05, 3.63) is 52.0 Å². The van der Waals surface area contributed by atoms with E-state index in [1.807, 2.05) is 0 Å². The number of nitrogens with two attached hydrogens (primary N) is 1. The van der Waals surface area contributed by atoms with Crippen molar-refractivity contribution in [1.82, 2.24) is 20.0 Å². The minimum absolute atomic E-state index is 0.0738. The number of carbonyl (C=O) groups is 1. The first-order chi connectivity index (χ1) is 16.1. The number of nitrogens with one attached hydrogen (secondary N) is 1. The third kappa shape index (κ3) is 3.25. The lowest BCUT2D eigenvalue weighted by molar-refractivity contribution is 0.0824. The molecule has 0 unspecified atom stereocenters. The van der Waals surface area contributed by atoms with Gasteiger partial charge in [-0.1, -0.05) is 23.7 Å². The molecule has 10 heteroatoms. The van der Waals surface area contributed by atoms with Crippen molar-refractivity contribution in [2.75, 3.05) is 31.7 Å². The number of nitrogen functional groups attached to an aromatic ring is 1. The molecule has 34 heavy (non-hydrogen) atoms. The zero-order chi connectivity index (χ0) is 24.4. The lowest BCUT2D eigenvalue weighted by Crippen LogP contribution is -2.29. The van der Waals surface area contributed by atoms with Gasteiger partial charge in [-0.15, -0.1) is 0 Å². The average molecular weight is 485 g/mol. The van der Waals surface area contributed by atoms with Crippen LogP contribution in [0.25, 0.3) is 11.1 Å². The molecule has 1 aromatic carbocycles. The maximum Gasteiger partial charge on any atom is 0.258 e. The average Bonchev–Trinajstić information content (AvgIpc) is 3.48. The predicted octanol–water partition coefficient (Wildman–Crippen LogP) is 4.32. The molecule has 8 nitrogen and oxygen atoms in total. The largest absolute Gasteiger partial charge is 0.398 e. The van der Waals surface area contributed by atoms with Gasteiger partial charge in [0.15, 0.2) is 5.82 Å². The fourth-order valence-corrected chi connectivity index (χ4v) is 5.84. The number of hydrogen-bond donors (Lipinski definition) is 2. The highest BCUT2D eigenvalue weighted by molar-refractivity contribution is 6.34. The number of nitrogens with zero attached hydrogens (tertiary/aromatic N) is 4. The summed E-state index contributed by atoms with van der Waals surface area (Å²) in [5, 5.41) is 7.77. The van der Waals surface area contributed by atoms with Gasteiger partial charge in [0.05, 0.1) is 10.6 Å². The van der Waals surface area contributed by atoms with E-state index in [9.17, 15) is 4.79 Å². The normalized spacial score (nSPS) is 23.2. The van der Waals surface area contributed by atoms with E-state index in [1.54, 1.807) is 33.3 Å². The predicted molar refractivity (Wildman–Crippen MR) is 127 cm³/mol. The minimum Gasteiger partial charge on any atom is -0.398 e. The number of rotatable bonds is 3. The number of carbonyl (C=O) groups excluding carboxylic acids is 1. The SMILES string of the molecule is Cc1noc([C@]2(C)CC[C@]3(CNc4ncc(-c5ccc(N)c(C(=O)N(C)C)c5F)c(Cl)c43)C2)n1. The molecule has 1 spiro atoms. The second kappa shape index (κ2) is 7.66. The first-order valence-electron chi connectivity index (χ1n) is 11.1. The van der Waals surface area contributed by atoms with Crippen molar-refractivity contribution in [3.8, 4) is 11.1 Å². The molecule has 1 amide bonds. The molecular weight excluding hydrogens is 459 g/mol. The smallest absolute Gasteiger partial charge is 0.258 e. The molecule has 1 fully saturated rings. The molecule has 3 N–H and O–H groups in total. The molecule has 3 aromatic rings. The van der Waals surface area contributed by atoms with Crippen molar-refractivity contribution >= 4 is 29.0 Å². The van der Waals surface area contributed by atoms with Gasteiger partial charge in [0.25, 0.3) is 5.91 Å². The maximum atomic E-state index is 15.6. The summed E-state index contributed by atoms with van der Waals surface area (Å²) < 4.78 is 21.1. The molecule has 0 bridgehead atoms.